The van der Waals surface area contributed by atoms with Crippen molar-refractivity contribution < 1.29 is 14.7 Å². The molecule has 3 unspecified atom stereocenters. The number of amides is 2. The van der Waals surface area contributed by atoms with E-state index in [2.05, 4.69) is 5.32 Å². The lowest BCUT2D eigenvalue weighted by molar-refractivity contribution is -0.150. The van der Waals surface area contributed by atoms with Crippen LogP contribution in [0.15, 0.2) is 0 Å². The number of urea groups is 1. The molecule has 3 atom stereocenters. The van der Waals surface area contributed by atoms with Crippen molar-refractivity contribution >= 4 is 12.0 Å². The van der Waals surface area contributed by atoms with Crippen molar-refractivity contribution in [3.8, 4) is 0 Å². The van der Waals surface area contributed by atoms with Gasteiger partial charge in [0.1, 0.15) is 0 Å². The van der Waals surface area contributed by atoms with Gasteiger partial charge in [0.25, 0.3) is 0 Å². The molecule has 5 nitrogen and oxygen atoms in total. The summed E-state index contributed by atoms with van der Waals surface area (Å²) in [5.74, 6) is -0.926. The standard InChI is InChI=1S/C15H28N2O3/c1-6-9-17(5)14(20)16-12-8-7-11(13(18)19)15(3,4)10(12)2/h10-12H,6-9H2,1-5H3,(H,16,20)(H,18,19). The van der Waals surface area contributed by atoms with E-state index in [9.17, 15) is 14.7 Å². The van der Waals surface area contributed by atoms with E-state index in [0.29, 0.717) is 6.42 Å². The minimum atomic E-state index is -0.727. The summed E-state index contributed by atoms with van der Waals surface area (Å²) in [6.45, 7) is 8.79. The third kappa shape index (κ3) is 3.44. The highest BCUT2D eigenvalue weighted by Crippen LogP contribution is 2.45. The van der Waals surface area contributed by atoms with Gasteiger partial charge >= 0.3 is 12.0 Å². The molecule has 1 fully saturated rings. The van der Waals surface area contributed by atoms with Gasteiger partial charge in [-0.05, 0) is 30.6 Å². The molecule has 0 heterocycles. The maximum absolute atomic E-state index is 12.1. The molecule has 1 saturated carbocycles. The number of nitrogens with zero attached hydrogens (tertiary/aromatic N) is 1. The van der Waals surface area contributed by atoms with E-state index in [4.69, 9.17) is 0 Å². The Morgan fingerprint density at radius 1 is 1.35 bits per heavy atom. The number of carboxylic acid groups (broad SMARTS) is 1. The highest BCUT2D eigenvalue weighted by Gasteiger charge is 2.46. The Morgan fingerprint density at radius 2 is 1.95 bits per heavy atom. The van der Waals surface area contributed by atoms with Gasteiger partial charge in [0.15, 0.2) is 0 Å². The number of carbonyl (C=O) groups excluding carboxylic acids is 1. The summed E-state index contributed by atoms with van der Waals surface area (Å²) in [6.07, 6.45) is 2.28. The second kappa shape index (κ2) is 6.46. The van der Waals surface area contributed by atoms with E-state index in [1.807, 2.05) is 27.7 Å². The van der Waals surface area contributed by atoms with Crippen LogP contribution in [0.1, 0.15) is 47.0 Å². The molecule has 0 aliphatic heterocycles. The van der Waals surface area contributed by atoms with Crippen molar-refractivity contribution in [1.29, 1.82) is 0 Å². The molecular weight excluding hydrogens is 256 g/mol. The molecule has 0 saturated heterocycles. The molecular formula is C15H28N2O3. The summed E-state index contributed by atoms with van der Waals surface area (Å²) in [5.41, 5.74) is -0.314. The number of nitrogens with one attached hydrogen (secondary N) is 1. The average Bonchev–Trinajstić information content (AvgIpc) is 2.34. The fourth-order valence-corrected chi connectivity index (χ4v) is 3.15. The molecule has 20 heavy (non-hydrogen) atoms. The molecule has 2 amide bonds. The number of carboxylic acids is 1. The Morgan fingerprint density at radius 3 is 2.45 bits per heavy atom. The molecule has 0 bridgehead atoms. The quantitative estimate of drug-likeness (QED) is 0.833. The molecule has 0 spiro atoms. The maximum Gasteiger partial charge on any atom is 0.317 e. The first kappa shape index (κ1) is 16.8. The Labute approximate surface area is 121 Å². The van der Waals surface area contributed by atoms with Crippen LogP contribution in [0.3, 0.4) is 0 Å². The monoisotopic (exact) mass is 284 g/mol. The van der Waals surface area contributed by atoms with E-state index in [-0.39, 0.29) is 29.3 Å². The van der Waals surface area contributed by atoms with Crippen LogP contribution in [0.25, 0.3) is 0 Å². The van der Waals surface area contributed by atoms with Crippen LogP contribution in [-0.2, 0) is 4.79 Å². The average molecular weight is 284 g/mol. The van der Waals surface area contributed by atoms with E-state index >= 15 is 0 Å². The Kier molecular flexibility index (Phi) is 5.42. The molecule has 2 N–H and O–H groups in total. The van der Waals surface area contributed by atoms with E-state index in [1.165, 1.54) is 0 Å². The van der Waals surface area contributed by atoms with Crippen molar-refractivity contribution in [2.75, 3.05) is 13.6 Å². The van der Waals surface area contributed by atoms with Crippen LogP contribution < -0.4 is 5.32 Å². The predicted octanol–water partition coefficient (Wildman–Crippen LogP) is 2.56. The summed E-state index contributed by atoms with van der Waals surface area (Å²) in [5, 5.41) is 12.4. The highest BCUT2D eigenvalue weighted by molar-refractivity contribution is 5.74. The molecule has 5 heteroatoms. The van der Waals surface area contributed by atoms with Crippen LogP contribution in [0.2, 0.25) is 0 Å². The van der Waals surface area contributed by atoms with Crippen molar-refractivity contribution in [2.45, 2.75) is 53.0 Å². The Hall–Kier alpha value is -1.26. The zero-order chi connectivity index (χ0) is 15.5. The van der Waals surface area contributed by atoms with Crippen molar-refractivity contribution in [1.82, 2.24) is 10.2 Å². The first-order chi connectivity index (χ1) is 9.21. The second-order valence-electron chi connectivity index (χ2n) is 6.56. The minimum Gasteiger partial charge on any atom is -0.481 e. The number of carbonyl (C=O) groups is 2. The van der Waals surface area contributed by atoms with Gasteiger partial charge in [-0.15, -0.1) is 0 Å². The normalized spacial score (nSPS) is 28.8. The third-order valence-corrected chi connectivity index (χ3v) is 4.95. The minimum absolute atomic E-state index is 0.0485. The predicted molar refractivity (Wildman–Crippen MR) is 78.5 cm³/mol. The maximum atomic E-state index is 12.1. The van der Waals surface area contributed by atoms with Gasteiger partial charge in [-0.1, -0.05) is 27.7 Å². The summed E-state index contributed by atoms with van der Waals surface area (Å²) in [7, 11) is 1.79. The second-order valence-corrected chi connectivity index (χ2v) is 6.56. The lowest BCUT2D eigenvalue weighted by Gasteiger charge is -2.46. The first-order valence-corrected chi connectivity index (χ1v) is 7.46. The molecule has 1 aliphatic carbocycles. The smallest absolute Gasteiger partial charge is 0.317 e. The number of hydrogen-bond donors (Lipinski definition) is 2. The zero-order valence-electron chi connectivity index (χ0n) is 13.3. The largest absolute Gasteiger partial charge is 0.481 e. The van der Waals surface area contributed by atoms with Crippen LogP contribution >= 0.6 is 0 Å². The fourth-order valence-electron chi connectivity index (χ4n) is 3.15. The summed E-state index contributed by atoms with van der Waals surface area (Å²) < 4.78 is 0. The third-order valence-electron chi connectivity index (χ3n) is 4.95. The lowest BCUT2D eigenvalue weighted by Crippen LogP contribution is -2.54. The van der Waals surface area contributed by atoms with Gasteiger partial charge in [-0.25, -0.2) is 4.79 Å². The molecule has 1 rings (SSSR count). The first-order valence-electron chi connectivity index (χ1n) is 7.46. The lowest BCUT2D eigenvalue weighted by atomic mass is 9.61. The molecule has 0 aromatic rings. The van der Waals surface area contributed by atoms with Crippen LogP contribution in [-0.4, -0.2) is 41.6 Å². The summed E-state index contributed by atoms with van der Waals surface area (Å²) in [6, 6.07) is -0.0133. The van der Waals surface area contributed by atoms with Gasteiger partial charge in [0, 0.05) is 19.6 Å². The molecule has 0 aromatic heterocycles. The molecule has 0 radical (unpaired) electrons. The Bertz CT molecular complexity index is 368. The van der Waals surface area contributed by atoms with E-state index in [0.717, 1.165) is 19.4 Å². The van der Waals surface area contributed by atoms with Gasteiger partial charge in [0.2, 0.25) is 0 Å². The van der Waals surface area contributed by atoms with E-state index < -0.39 is 5.97 Å². The number of aliphatic carboxylic acids is 1. The van der Waals surface area contributed by atoms with Crippen molar-refractivity contribution in [3.05, 3.63) is 0 Å². The van der Waals surface area contributed by atoms with Gasteiger partial charge in [-0.2, -0.15) is 0 Å². The topological polar surface area (TPSA) is 69.6 Å². The van der Waals surface area contributed by atoms with Crippen molar-refractivity contribution in [2.24, 2.45) is 17.3 Å². The molecule has 1 aliphatic rings. The Balaban J connectivity index is 2.71. The summed E-state index contributed by atoms with van der Waals surface area (Å²) >= 11 is 0. The van der Waals surface area contributed by atoms with Crippen LogP contribution in [0, 0.1) is 17.3 Å². The number of hydrogen-bond acceptors (Lipinski definition) is 2. The van der Waals surface area contributed by atoms with Crippen LogP contribution in [0.4, 0.5) is 4.79 Å². The van der Waals surface area contributed by atoms with Gasteiger partial charge < -0.3 is 15.3 Å². The zero-order valence-corrected chi connectivity index (χ0v) is 13.3. The van der Waals surface area contributed by atoms with Gasteiger partial charge in [0.05, 0.1) is 5.92 Å². The number of rotatable bonds is 4. The van der Waals surface area contributed by atoms with E-state index in [1.54, 1.807) is 11.9 Å². The molecule has 116 valence electrons. The SMILES string of the molecule is CCCN(C)C(=O)NC1CCC(C(=O)O)C(C)(C)C1C. The summed E-state index contributed by atoms with van der Waals surface area (Å²) in [4.78, 5) is 25.1. The van der Waals surface area contributed by atoms with Crippen LogP contribution in [0.5, 0.6) is 0 Å². The van der Waals surface area contributed by atoms with Gasteiger partial charge in [-0.3, -0.25) is 4.79 Å². The highest BCUT2D eigenvalue weighted by atomic mass is 16.4. The molecule has 0 aromatic carbocycles. The fraction of sp³-hybridized carbons (Fsp3) is 0.867. The van der Waals surface area contributed by atoms with Crippen molar-refractivity contribution in [3.63, 3.8) is 0 Å².